The van der Waals surface area contributed by atoms with Crippen LogP contribution < -0.4 is 5.32 Å². The molecule has 1 aliphatic carbocycles. The molecule has 6 heteroatoms. The van der Waals surface area contributed by atoms with Crippen molar-refractivity contribution in [2.75, 3.05) is 12.4 Å². The van der Waals surface area contributed by atoms with Crippen molar-refractivity contribution >= 4 is 22.9 Å². The minimum Gasteiger partial charge on any atom is -0.380 e. The summed E-state index contributed by atoms with van der Waals surface area (Å²) in [6.45, 7) is 5.07. The van der Waals surface area contributed by atoms with Gasteiger partial charge >= 0.3 is 0 Å². The van der Waals surface area contributed by atoms with Crippen molar-refractivity contribution in [2.45, 2.75) is 45.8 Å². The molecule has 0 radical (unpaired) electrons. The SMILES string of the molecule is CC[C@H]1C[C@@H](Nc2ncncc2C(=O)c2cc(COC)cs2)C[C@@H]1C. The van der Waals surface area contributed by atoms with Crippen LogP contribution in [0.2, 0.25) is 0 Å². The van der Waals surface area contributed by atoms with E-state index in [1.807, 2.05) is 11.4 Å². The molecule has 1 saturated carbocycles. The molecule has 5 nitrogen and oxygen atoms in total. The number of ether oxygens (including phenoxy) is 1. The molecule has 3 rings (SSSR count). The fraction of sp³-hybridized carbons (Fsp3) is 0.526. The van der Waals surface area contributed by atoms with E-state index in [1.54, 1.807) is 13.3 Å². The standard InChI is InChI=1S/C19H25N3O2S/c1-4-14-7-15(5-12(14)2)22-19-16(8-20-11-21-19)18(23)17-6-13(9-24-3)10-25-17/h6,8,10-12,14-15H,4-5,7,9H2,1-3H3,(H,20,21,22)/t12-,14-,15-/m0/s1. The summed E-state index contributed by atoms with van der Waals surface area (Å²) in [5.74, 6) is 2.06. The number of rotatable bonds is 7. The number of thiophene rings is 1. The zero-order chi connectivity index (χ0) is 17.8. The van der Waals surface area contributed by atoms with Crippen molar-refractivity contribution in [2.24, 2.45) is 11.8 Å². The van der Waals surface area contributed by atoms with Gasteiger partial charge in [-0.15, -0.1) is 11.3 Å². The number of hydrogen-bond acceptors (Lipinski definition) is 6. The maximum absolute atomic E-state index is 12.9. The number of aromatic nitrogens is 2. The predicted octanol–water partition coefficient (Wildman–Crippen LogP) is 4.15. The number of carbonyl (C=O) groups is 1. The second-order valence-electron chi connectivity index (χ2n) is 6.82. The normalized spacial score (nSPS) is 22.9. The van der Waals surface area contributed by atoms with Crippen molar-refractivity contribution in [3.63, 3.8) is 0 Å². The molecule has 25 heavy (non-hydrogen) atoms. The van der Waals surface area contributed by atoms with Gasteiger partial charge in [0.1, 0.15) is 12.1 Å². The third-order valence-corrected chi connectivity index (χ3v) is 6.04. The molecule has 0 unspecified atom stereocenters. The van der Waals surface area contributed by atoms with Gasteiger partial charge in [0.15, 0.2) is 0 Å². The first-order chi connectivity index (χ1) is 12.1. The van der Waals surface area contributed by atoms with Gasteiger partial charge in [0.05, 0.1) is 17.0 Å². The smallest absolute Gasteiger partial charge is 0.208 e. The molecular formula is C19H25N3O2S. The van der Waals surface area contributed by atoms with Gasteiger partial charge in [-0.05, 0) is 41.7 Å². The van der Waals surface area contributed by atoms with E-state index in [2.05, 4.69) is 29.1 Å². The zero-order valence-electron chi connectivity index (χ0n) is 15.0. The summed E-state index contributed by atoms with van der Waals surface area (Å²) in [5.41, 5.74) is 1.55. The number of ketones is 1. The summed E-state index contributed by atoms with van der Waals surface area (Å²) < 4.78 is 5.13. The maximum Gasteiger partial charge on any atom is 0.208 e. The Bertz CT molecular complexity index is 731. The number of anilines is 1. The summed E-state index contributed by atoms with van der Waals surface area (Å²) in [7, 11) is 1.65. The first-order valence-corrected chi connectivity index (χ1v) is 9.67. The van der Waals surface area contributed by atoms with E-state index < -0.39 is 0 Å². The van der Waals surface area contributed by atoms with E-state index in [-0.39, 0.29) is 5.78 Å². The summed E-state index contributed by atoms with van der Waals surface area (Å²) in [4.78, 5) is 22.0. The first-order valence-electron chi connectivity index (χ1n) is 8.80. The molecule has 134 valence electrons. The summed E-state index contributed by atoms with van der Waals surface area (Å²) in [6, 6.07) is 2.26. The summed E-state index contributed by atoms with van der Waals surface area (Å²) >= 11 is 1.44. The van der Waals surface area contributed by atoms with Gasteiger partial charge in [0.2, 0.25) is 5.78 Å². The average molecular weight is 359 g/mol. The lowest BCUT2D eigenvalue weighted by atomic mass is 9.96. The number of nitrogens with one attached hydrogen (secondary N) is 1. The van der Waals surface area contributed by atoms with Crippen LogP contribution in [0.5, 0.6) is 0 Å². The minimum absolute atomic E-state index is 0.0338. The molecule has 1 aliphatic rings. The monoisotopic (exact) mass is 359 g/mol. The molecule has 0 aromatic carbocycles. The molecule has 0 aliphatic heterocycles. The quantitative estimate of drug-likeness (QED) is 0.752. The lowest BCUT2D eigenvalue weighted by Crippen LogP contribution is -2.19. The molecule has 3 atom stereocenters. The van der Waals surface area contributed by atoms with E-state index in [0.717, 1.165) is 24.3 Å². The minimum atomic E-state index is -0.0338. The lowest BCUT2D eigenvalue weighted by Gasteiger charge is -2.15. The third-order valence-electron chi connectivity index (χ3n) is 5.06. The van der Waals surface area contributed by atoms with Gasteiger partial charge in [-0.2, -0.15) is 0 Å². The van der Waals surface area contributed by atoms with Crippen LogP contribution >= 0.6 is 11.3 Å². The third kappa shape index (κ3) is 4.07. The van der Waals surface area contributed by atoms with Crippen LogP contribution in [0.15, 0.2) is 24.0 Å². The molecule has 2 aromatic rings. The van der Waals surface area contributed by atoms with Crippen LogP contribution in [0.1, 0.15) is 53.9 Å². The highest BCUT2D eigenvalue weighted by Gasteiger charge is 2.31. The highest BCUT2D eigenvalue weighted by Crippen LogP contribution is 2.35. The Morgan fingerprint density at radius 1 is 1.44 bits per heavy atom. The molecule has 0 amide bonds. The van der Waals surface area contributed by atoms with Gasteiger partial charge in [-0.3, -0.25) is 4.79 Å². The van der Waals surface area contributed by atoms with Gasteiger partial charge < -0.3 is 10.1 Å². The van der Waals surface area contributed by atoms with Crippen molar-refractivity contribution in [3.8, 4) is 0 Å². The van der Waals surface area contributed by atoms with Gasteiger partial charge in [0.25, 0.3) is 0 Å². The van der Waals surface area contributed by atoms with E-state index in [4.69, 9.17) is 4.74 Å². The summed E-state index contributed by atoms with van der Waals surface area (Å²) in [5, 5.41) is 5.45. The van der Waals surface area contributed by atoms with E-state index in [1.165, 1.54) is 24.1 Å². The van der Waals surface area contributed by atoms with Crippen LogP contribution in [-0.4, -0.2) is 28.9 Å². The molecule has 1 fully saturated rings. The maximum atomic E-state index is 12.9. The highest BCUT2D eigenvalue weighted by atomic mass is 32.1. The van der Waals surface area contributed by atoms with Gasteiger partial charge in [0, 0.05) is 19.3 Å². The Balaban J connectivity index is 1.77. The van der Waals surface area contributed by atoms with Gasteiger partial charge in [-0.25, -0.2) is 9.97 Å². The number of hydrogen-bond donors (Lipinski definition) is 1. The number of carbonyl (C=O) groups excluding carboxylic acids is 1. The highest BCUT2D eigenvalue weighted by molar-refractivity contribution is 7.12. The fourth-order valence-corrected chi connectivity index (χ4v) is 4.55. The number of methoxy groups -OCH3 is 1. The molecule has 0 bridgehead atoms. The Hall–Kier alpha value is -1.79. The molecule has 0 spiro atoms. The van der Waals surface area contributed by atoms with Crippen molar-refractivity contribution < 1.29 is 9.53 Å². The van der Waals surface area contributed by atoms with Crippen molar-refractivity contribution in [3.05, 3.63) is 40.0 Å². The van der Waals surface area contributed by atoms with Crippen molar-refractivity contribution in [1.29, 1.82) is 0 Å². The van der Waals surface area contributed by atoms with E-state index in [0.29, 0.717) is 34.8 Å². The van der Waals surface area contributed by atoms with Crippen LogP contribution in [0.4, 0.5) is 5.82 Å². The lowest BCUT2D eigenvalue weighted by molar-refractivity contribution is 0.104. The Morgan fingerprint density at radius 2 is 2.28 bits per heavy atom. The Morgan fingerprint density at radius 3 is 3.00 bits per heavy atom. The molecule has 0 saturated heterocycles. The average Bonchev–Trinajstić information content (AvgIpc) is 3.21. The van der Waals surface area contributed by atoms with Crippen LogP contribution in [0.3, 0.4) is 0 Å². The Kier molecular flexibility index (Phi) is 5.81. The molecular weight excluding hydrogens is 334 g/mol. The van der Waals surface area contributed by atoms with Crippen molar-refractivity contribution in [1.82, 2.24) is 9.97 Å². The first kappa shape index (κ1) is 18.0. The Labute approximate surface area is 152 Å². The van der Waals surface area contributed by atoms with E-state index >= 15 is 0 Å². The molecule has 2 heterocycles. The molecule has 2 aromatic heterocycles. The topological polar surface area (TPSA) is 64.1 Å². The molecule has 1 N–H and O–H groups in total. The van der Waals surface area contributed by atoms with Crippen LogP contribution in [-0.2, 0) is 11.3 Å². The second kappa shape index (κ2) is 8.06. The largest absolute Gasteiger partial charge is 0.380 e. The van der Waals surface area contributed by atoms with Gasteiger partial charge in [-0.1, -0.05) is 20.3 Å². The summed E-state index contributed by atoms with van der Waals surface area (Å²) in [6.07, 6.45) is 6.56. The predicted molar refractivity (Wildman–Crippen MR) is 100 cm³/mol. The van der Waals surface area contributed by atoms with E-state index in [9.17, 15) is 4.79 Å². The second-order valence-corrected chi connectivity index (χ2v) is 7.74. The van der Waals surface area contributed by atoms with Crippen LogP contribution in [0, 0.1) is 11.8 Å². The number of nitrogens with zero attached hydrogens (tertiary/aromatic N) is 2. The van der Waals surface area contributed by atoms with Crippen LogP contribution in [0.25, 0.3) is 0 Å². The fourth-order valence-electron chi connectivity index (χ4n) is 3.70. The zero-order valence-corrected chi connectivity index (χ0v) is 15.8.